The first-order valence-electron chi connectivity index (χ1n) is 6.92. The fraction of sp³-hybridized carbons (Fsp3) is 0.533. The van der Waals surface area contributed by atoms with Crippen molar-refractivity contribution in [1.29, 1.82) is 0 Å². The summed E-state index contributed by atoms with van der Waals surface area (Å²) in [5.41, 5.74) is 0.836. The van der Waals surface area contributed by atoms with E-state index in [0.29, 0.717) is 6.04 Å². The maximum absolute atomic E-state index is 12.7. The molecule has 19 heavy (non-hydrogen) atoms. The summed E-state index contributed by atoms with van der Waals surface area (Å²) in [6.45, 7) is 4.83. The second-order valence-electron chi connectivity index (χ2n) is 4.79. The van der Waals surface area contributed by atoms with Crippen molar-refractivity contribution >= 4 is 17.7 Å². The Hall–Kier alpha value is -1.00. The van der Waals surface area contributed by atoms with Crippen molar-refractivity contribution < 1.29 is 4.79 Å². The number of amides is 1. The summed E-state index contributed by atoms with van der Waals surface area (Å²) >= 11 is 1.64. The molecule has 1 unspecified atom stereocenters. The van der Waals surface area contributed by atoms with Crippen LogP contribution in [-0.2, 0) is 0 Å². The molecule has 0 bridgehead atoms. The third kappa shape index (κ3) is 3.31. The van der Waals surface area contributed by atoms with Crippen LogP contribution in [0.4, 0.5) is 0 Å². The van der Waals surface area contributed by atoms with Gasteiger partial charge in [-0.15, -0.1) is 11.8 Å². The van der Waals surface area contributed by atoms with Gasteiger partial charge in [0.2, 0.25) is 0 Å². The quantitative estimate of drug-likeness (QED) is 0.859. The SMILES string of the molecule is CCN(C(=O)c1ccccc1SC)C1CCCNC1. The van der Waals surface area contributed by atoms with Gasteiger partial charge in [0.15, 0.2) is 0 Å². The van der Waals surface area contributed by atoms with Crippen LogP contribution in [0.5, 0.6) is 0 Å². The lowest BCUT2D eigenvalue weighted by molar-refractivity contribution is 0.0658. The fourth-order valence-corrected chi connectivity index (χ4v) is 3.23. The Morgan fingerprint density at radius 2 is 2.26 bits per heavy atom. The molecule has 1 aromatic rings. The van der Waals surface area contributed by atoms with Gasteiger partial charge in [-0.1, -0.05) is 12.1 Å². The Morgan fingerprint density at radius 1 is 1.47 bits per heavy atom. The molecule has 1 N–H and O–H groups in total. The fourth-order valence-electron chi connectivity index (χ4n) is 2.64. The summed E-state index contributed by atoms with van der Waals surface area (Å²) in [4.78, 5) is 15.8. The normalized spacial score (nSPS) is 19.2. The first-order chi connectivity index (χ1) is 9.27. The lowest BCUT2D eigenvalue weighted by Crippen LogP contribution is -2.48. The molecule has 3 nitrogen and oxygen atoms in total. The van der Waals surface area contributed by atoms with E-state index in [1.165, 1.54) is 0 Å². The highest BCUT2D eigenvalue weighted by Gasteiger charge is 2.25. The van der Waals surface area contributed by atoms with Crippen LogP contribution in [0, 0.1) is 0 Å². The smallest absolute Gasteiger partial charge is 0.255 e. The van der Waals surface area contributed by atoms with E-state index in [1.807, 2.05) is 35.4 Å². The van der Waals surface area contributed by atoms with Crippen LogP contribution in [0.2, 0.25) is 0 Å². The second-order valence-corrected chi connectivity index (χ2v) is 5.64. The predicted molar refractivity (Wildman–Crippen MR) is 80.8 cm³/mol. The van der Waals surface area contributed by atoms with Crippen LogP contribution >= 0.6 is 11.8 Å². The zero-order valence-electron chi connectivity index (χ0n) is 11.7. The van der Waals surface area contributed by atoms with Gasteiger partial charge in [-0.2, -0.15) is 0 Å². The summed E-state index contributed by atoms with van der Waals surface area (Å²) in [5, 5.41) is 3.39. The van der Waals surface area contributed by atoms with E-state index in [1.54, 1.807) is 11.8 Å². The molecule has 1 aromatic carbocycles. The molecule has 1 amide bonds. The van der Waals surface area contributed by atoms with Gasteiger partial charge in [0, 0.05) is 24.0 Å². The summed E-state index contributed by atoms with van der Waals surface area (Å²) in [6, 6.07) is 8.22. The highest BCUT2D eigenvalue weighted by Crippen LogP contribution is 2.23. The topological polar surface area (TPSA) is 32.3 Å². The molecule has 0 aromatic heterocycles. The summed E-state index contributed by atoms with van der Waals surface area (Å²) in [5.74, 6) is 0.168. The highest BCUT2D eigenvalue weighted by atomic mass is 32.2. The number of piperidine rings is 1. The van der Waals surface area contributed by atoms with Crippen molar-refractivity contribution in [2.45, 2.75) is 30.7 Å². The van der Waals surface area contributed by atoms with Gasteiger partial charge in [-0.05, 0) is 44.7 Å². The Labute approximate surface area is 119 Å². The van der Waals surface area contributed by atoms with Crippen molar-refractivity contribution in [3.05, 3.63) is 29.8 Å². The number of hydrogen-bond donors (Lipinski definition) is 1. The standard InChI is InChI=1S/C15H22N2OS/c1-3-17(12-7-6-10-16-11-12)15(18)13-8-4-5-9-14(13)19-2/h4-5,8-9,12,16H,3,6-7,10-11H2,1-2H3. The average molecular weight is 278 g/mol. The van der Waals surface area contributed by atoms with E-state index in [4.69, 9.17) is 0 Å². The molecule has 0 spiro atoms. The number of carbonyl (C=O) groups excluding carboxylic acids is 1. The van der Waals surface area contributed by atoms with Gasteiger partial charge in [0.05, 0.1) is 5.56 Å². The average Bonchev–Trinajstić information content (AvgIpc) is 2.49. The molecule has 0 radical (unpaired) electrons. The van der Waals surface area contributed by atoms with Gasteiger partial charge < -0.3 is 10.2 Å². The van der Waals surface area contributed by atoms with Crippen LogP contribution < -0.4 is 5.32 Å². The van der Waals surface area contributed by atoms with Crippen LogP contribution in [0.25, 0.3) is 0 Å². The molecule has 1 aliphatic heterocycles. The van der Waals surface area contributed by atoms with Crippen LogP contribution in [-0.4, -0.2) is 42.7 Å². The Kier molecular flexibility index (Phi) is 5.28. The molecule has 1 atom stereocenters. The van der Waals surface area contributed by atoms with E-state index in [2.05, 4.69) is 12.2 Å². The maximum Gasteiger partial charge on any atom is 0.255 e. The van der Waals surface area contributed by atoms with Gasteiger partial charge in [-0.25, -0.2) is 0 Å². The zero-order chi connectivity index (χ0) is 13.7. The lowest BCUT2D eigenvalue weighted by atomic mass is 10.0. The van der Waals surface area contributed by atoms with E-state index >= 15 is 0 Å². The largest absolute Gasteiger partial charge is 0.335 e. The van der Waals surface area contributed by atoms with Gasteiger partial charge >= 0.3 is 0 Å². The zero-order valence-corrected chi connectivity index (χ0v) is 12.5. The Bertz CT molecular complexity index is 430. The third-order valence-corrected chi connectivity index (χ3v) is 4.45. The Morgan fingerprint density at radius 3 is 2.89 bits per heavy atom. The molecule has 0 aliphatic carbocycles. The molecule has 4 heteroatoms. The monoisotopic (exact) mass is 278 g/mol. The maximum atomic E-state index is 12.7. The van der Waals surface area contributed by atoms with Crippen molar-refractivity contribution in [3.63, 3.8) is 0 Å². The van der Waals surface area contributed by atoms with Crippen molar-refractivity contribution in [3.8, 4) is 0 Å². The minimum absolute atomic E-state index is 0.168. The molecular formula is C15H22N2OS. The second kappa shape index (κ2) is 6.96. The van der Waals surface area contributed by atoms with Gasteiger partial charge in [0.1, 0.15) is 0 Å². The minimum atomic E-state index is 0.168. The van der Waals surface area contributed by atoms with E-state index in [-0.39, 0.29) is 5.91 Å². The third-order valence-electron chi connectivity index (χ3n) is 3.65. The van der Waals surface area contributed by atoms with Crippen molar-refractivity contribution in [2.24, 2.45) is 0 Å². The molecular weight excluding hydrogens is 256 g/mol. The van der Waals surface area contributed by atoms with Gasteiger partial charge in [-0.3, -0.25) is 4.79 Å². The molecule has 1 fully saturated rings. The number of hydrogen-bond acceptors (Lipinski definition) is 3. The lowest BCUT2D eigenvalue weighted by Gasteiger charge is -2.34. The van der Waals surface area contributed by atoms with Crippen molar-refractivity contribution in [1.82, 2.24) is 10.2 Å². The van der Waals surface area contributed by atoms with E-state index < -0.39 is 0 Å². The summed E-state index contributed by atoms with van der Waals surface area (Å²) in [7, 11) is 0. The molecule has 1 saturated heterocycles. The van der Waals surface area contributed by atoms with E-state index in [0.717, 1.165) is 42.9 Å². The molecule has 1 aliphatic rings. The number of thioether (sulfide) groups is 1. The van der Waals surface area contributed by atoms with Crippen LogP contribution in [0.15, 0.2) is 29.2 Å². The highest BCUT2D eigenvalue weighted by molar-refractivity contribution is 7.98. The van der Waals surface area contributed by atoms with Crippen LogP contribution in [0.1, 0.15) is 30.1 Å². The number of nitrogens with one attached hydrogen (secondary N) is 1. The summed E-state index contributed by atoms with van der Waals surface area (Å²) in [6.07, 6.45) is 4.27. The van der Waals surface area contributed by atoms with Gasteiger partial charge in [0.25, 0.3) is 5.91 Å². The first kappa shape index (κ1) is 14.4. The molecule has 1 heterocycles. The van der Waals surface area contributed by atoms with E-state index in [9.17, 15) is 4.79 Å². The first-order valence-corrected chi connectivity index (χ1v) is 8.15. The number of rotatable bonds is 4. The summed E-state index contributed by atoms with van der Waals surface area (Å²) < 4.78 is 0. The predicted octanol–water partition coefficient (Wildman–Crippen LogP) is 2.62. The number of benzene rings is 1. The minimum Gasteiger partial charge on any atom is -0.335 e. The number of carbonyl (C=O) groups is 1. The number of nitrogens with zero attached hydrogens (tertiary/aromatic N) is 1. The van der Waals surface area contributed by atoms with Crippen LogP contribution in [0.3, 0.4) is 0 Å². The Balaban J connectivity index is 2.19. The molecule has 0 saturated carbocycles. The molecule has 2 rings (SSSR count). The number of likely N-dealkylation sites (N-methyl/N-ethyl adjacent to an activating group) is 1. The molecule has 104 valence electrons. The van der Waals surface area contributed by atoms with Crippen molar-refractivity contribution in [2.75, 3.05) is 25.9 Å².